The van der Waals surface area contributed by atoms with Crippen LogP contribution in [0.4, 0.5) is 0 Å². The average Bonchev–Trinajstić information content (AvgIpc) is 2.40. The van der Waals surface area contributed by atoms with Crippen molar-refractivity contribution in [3.8, 4) is 11.6 Å². The number of hydrogen-bond donors (Lipinski definition) is 2. The highest BCUT2D eigenvalue weighted by Gasteiger charge is 2.15. The Morgan fingerprint density at radius 2 is 1.95 bits per heavy atom. The van der Waals surface area contributed by atoms with Crippen LogP contribution >= 0.6 is 0 Å². The van der Waals surface area contributed by atoms with Crippen LogP contribution in [0.3, 0.4) is 0 Å². The average molecular weight is 287 g/mol. The van der Waals surface area contributed by atoms with Crippen LogP contribution in [0.25, 0.3) is 5.69 Å². The molecule has 2 N–H and O–H groups in total. The van der Waals surface area contributed by atoms with Crippen LogP contribution in [-0.2, 0) is 0 Å². The fourth-order valence-corrected chi connectivity index (χ4v) is 1.92. The van der Waals surface area contributed by atoms with Gasteiger partial charge in [-0.05, 0) is 32.4 Å². The molecule has 0 aliphatic rings. The van der Waals surface area contributed by atoms with E-state index in [1.807, 2.05) is 32.9 Å². The third-order valence-corrected chi connectivity index (χ3v) is 2.98. The van der Waals surface area contributed by atoms with E-state index in [0.29, 0.717) is 5.69 Å². The maximum atomic E-state index is 12.0. The summed E-state index contributed by atoms with van der Waals surface area (Å²) in [7, 11) is 0. The molecule has 1 heterocycles. The predicted molar refractivity (Wildman–Crippen MR) is 81.8 cm³/mol. The second kappa shape index (κ2) is 5.78. The number of nitrogens with one attached hydrogen (secondary N) is 1. The largest absolute Gasteiger partial charge is 0.493 e. The number of nitrogens with zero attached hydrogens (tertiary/aromatic N) is 2. The molecular formula is C15H17N3O3. The second-order valence-electron chi connectivity index (χ2n) is 4.99. The van der Waals surface area contributed by atoms with Crippen molar-refractivity contribution < 1.29 is 5.11 Å². The zero-order valence-corrected chi connectivity index (χ0v) is 12.1. The third kappa shape index (κ3) is 2.94. The van der Waals surface area contributed by atoms with Crippen LogP contribution < -0.4 is 11.2 Å². The summed E-state index contributed by atoms with van der Waals surface area (Å²) < 4.78 is 1.07. The summed E-state index contributed by atoms with van der Waals surface area (Å²) in [5, 5.41) is 10.3. The topological polar surface area (TPSA) is 87.4 Å². The first-order valence-corrected chi connectivity index (χ1v) is 6.59. The predicted octanol–water partition coefficient (Wildman–Crippen LogP) is 1.37. The van der Waals surface area contributed by atoms with Gasteiger partial charge in [-0.2, -0.15) is 0 Å². The third-order valence-electron chi connectivity index (χ3n) is 2.98. The summed E-state index contributed by atoms with van der Waals surface area (Å²) in [5.74, 6) is -0.414. The van der Waals surface area contributed by atoms with Crippen LogP contribution in [0.15, 0.2) is 38.8 Å². The smallest absolute Gasteiger partial charge is 0.335 e. The molecule has 6 nitrogen and oxygen atoms in total. The van der Waals surface area contributed by atoms with Gasteiger partial charge in [-0.1, -0.05) is 18.2 Å². The van der Waals surface area contributed by atoms with E-state index in [-0.39, 0.29) is 11.6 Å². The maximum Gasteiger partial charge on any atom is 0.335 e. The lowest BCUT2D eigenvalue weighted by Gasteiger charge is -2.11. The lowest BCUT2D eigenvalue weighted by molar-refractivity contribution is 0.430. The fourth-order valence-electron chi connectivity index (χ4n) is 1.92. The van der Waals surface area contributed by atoms with E-state index in [1.54, 1.807) is 12.1 Å². The van der Waals surface area contributed by atoms with E-state index in [4.69, 9.17) is 0 Å². The summed E-state index contributed by atoms with van der Waals surface area (Å²) in [6, 6.07) is 7.06. The molecule has 0 atom stereocenters. The summed E-state index contributed by atoms with van der Waals surface area (Å²) in [5.41, 5.74) is -0.0732. The Bertz CT molecular complexity index is 801. The van der Waals surface area contributed by atoms with Gasteiger partial charge in [0.1, 0.15) is 5.56 Å². The molecule has 0 saturated carbocycles. The molecule has 0 radical (unpaired) electrons. The Hall–Kier alpha value is -2.63. The van der Waals surface area contributed by atoms with Gasteiger partial charge in [-0.3, -0.25) is 14.8 Å². The number of aryl methyl sites for hydroxylation is 1. The van der Waals surface area contributed by atoms with Crippen molar-refractivity contribution >= 4 is 6.21 Å². The number of H-pyrrole nitrogens is 1. The number of aromatic amines is 1. The van der Waals surface area contributed by atoms with E-state index in [9.17, 15) is 14.7 Å². The van der Waals surface area contributed by atoms with Gasteiger partial charge in [0.05, 0.1) is 5.69 Å². The molecule has 0 saturated heterocycles. The molecule has 0 amide bonds. The number of aromatic hydroxyl groups is 1. The molecule has 0 bridgehead atoms. The minimum atomic E-state index is -0.687. The van der Waals surface area contributed by atoms with Crippen molar-refractivity contribution in [3.05, 3.63) is 56.2 Å². The minimum Gasteiger partial charge on any atom is -0.493 e. The molecule has 110 valence electrons. The molecule has 0 spiro atoms. The summed E-state index contributed by atoms with van der Waals surface area (Å²) in [6.07, 6.45) is 1.28. The molecule has 1 aromatic heterocycles. The second-order valence-corrected chi connectivity index (χ2v) is 4.99. The quantitative estimate of drug-likeness (QED) is 0.836. The molecule has 1 aromatic carbocycles. The number of para-hydroxylation sites is 1. The van der Waals surface area contributed by atoms with Gasteiger partial charge in [-0.25, -0.2) is 9.36 Å². The van der Waals surface area contributed by atoms with Crippen LogP contribution in [0, 0.1) is 6.92 Å². The SMILES string of the molecule is Cc1ccccc1-n1c(O)c(C=NC(C)C)c(=O)[nH]c1=O. The molecular weight excluding hydrogens is 270 g/mol. The fraction of sp³-hybridized carbons (Fsp3) is 0.267. The van der Waals surface area contributed by atoms with Gasteiger partial charge in [-0.15, -0.1) is 0 Å². The minimum absolute atomic E-state index is 0.0253. The highest BCUT2D eigenvalue weighted by molar-refractivity contribution is 5.82. The lowest BCUT2D eigenvalue weighted by Crippen LogP contribution is -2.31. The number of aliphatic imine (C=N–C) groups is 1. The standard InChI is InChI=1S/C15H17N3O3/c1-9(2)16-8-11-13(19)17-15(21)18(14(11)20)12-7-5-4-6-10(12)3/h4-9,20H,1-3H3,(H,17,19,21). The van der Waals surface area contributed by atoms with Gasteiger partial charge in [0.2, 0.25) is 5.88 Å². The number of benzene rings is 1. The van der Waals surface area contributed by atoms with Crippen molar-refractivity contribution in [1.29, 1.82) is 0 Å². The molecule has 2 rings (SSSR count). The molecule has 0 fully saturated rings. The van der Waals surface area contributed by atoms with Crippen molar-refractivity contribution in [2.24, 2.45) is 4.99 Å². The Morgan fingerprint density at radius 1 is 1.29 bits per heavy atom. The van der Waals surface area contributed by atoms with E-state index in [0.717, 1.165) is 10.1 Å². The van der Waals surface area contributed by atoms with Gasteiger partial charge < -0.3 is 5.11 Å². The maximum absolute atomic E-state index is 12.0. The number of rotatable bonds is 3. The van der Waals surface area contributed by atoms with E-state index >= 15 is 0 Å². The number of hydrogen-bond acceptors (Lipinski definition) is 4. The zero-order valence-electron chi connectivity index (χ0n) is 12.1. The molecule has 0 aliphatic heterocycles. The van der Waals surface area contributed by atoms with Crippen molar-refractivity contribution in [2.75, 3.05) is 0 Å². The monoisotopic (exact) mass is 287 g/mol. The van der Waals surface area contributed by atoms with E-state index in [1.165, 1.54) is 6.21 Å². The highest BCUT2D eigenvalue weighted by Crippen LogP contribution is 2.18. The normalized spacial score (nSPS) is 11.4. The zero-order chi connectivity index (χ0) is 15.6. The van der Waals surface area contributed by atoms with Gasteiger partial charge in [0.15, 0.2) is 0 Å². The first kappa shape index (κ1) is 14.8. The lowest BCUT2D eigenvalue weighted by atomic mass is 10.2. The van der Waals surface area contributed by atoms with Gasteiger partial charge in [0.25, 0.3) is 5.56 Å². The summed E-state index contributed by atoms with van der Waals surface area (Å²) in [4.78, 5) is 30.1. The Morgan fingerprint density at radius 3 is 2.57 bits per heavy atom. The molecule has 2 aromatic rings. The van der Waals surface area contributed by atoms with Crippen LogP contribution in [-0.4, -0.2) is 26.9 Å². The van der Waals surface area contributed by atoms with E-state index in [2.05, 4.69) is 9.98 Å². The first-order chi connectivity index (χ1) is 9.91. The number of aromatic nitrogens is 2. The van der Waals surface area contributed by atoms with Crippen molar-refractivity contribution in [1.82, 2.24) is 9.55 Å². The van der Waals surface area contributed by atoms with Gasteiger partial charge in [0, 0.05) is 12.3 Å². The highest BCUT2D eigenvalue weighted by atomic mass is 16.3. The van der Waals surface area contributed by atoms with Crippen molar-refractivity contribution in [3.63, 3.8) is 0 Å². The van der Waals surface area contributed by atoms with Crippen LogP contribution in [0.5, 0.6) is 5.88 Å². The summed E-state index contributed by atoms with van der Waals surface area (Å²) in [6.45, 7) is 5.51. The van der Waals surface area contributed by atoms with Gasteiger partial charge >= 0.3 is 5.69 Å². The molecule has 21 heavy (non-hydrogen) atoms. The first-order valence-electron chi connectivity index (χ1n) is 6.59. The Labute approximate surface area is 121 Å². The molecule has 0 aliphatic carbocycles. The Balaban J connectivity index is 2.74. The molecule has 6 heteroatoms. The van der Waals surface area contributed by atoms with E-state index < -0.39 is 17.1 Å². The van der Waals surface area contributed by atoms with Crippen LogP contribution in [0.2, 0.25) is 0 Å². The summed E-state index contributed by atoms with van der Waals surface area (Å²) >= 11 is 0. The van der Waals surface area contributed by atoms with Crippen LogP contribution in [0.1, 0.15) is 25.0 Å². The Kier molecular flexibility index (Phi) is 4.07. The molecule has 0 unspecified atom stereocenters. The van der Waals surface area contributed by atoms with Crippen molar-refractivity contribution in [2.45, 2.75) is 26.8 Å².